The van der Waals surface area contributed by atoms with E-state index in [0.29, 0.717) is 11.1 Å². The fourth-order valence-corrected chi connectivity index (χ4v) is 3.32. The van der Waals surface area contributed by atoms with Crippen LogP contribution in [-0.2, 0) is 6.54 Å². The molecular formula is C19H17BrN4. The average Bonchev–Trinajstić information content (AvgIpc) is 2.63. The van der Waals surface area contributed by atoms with Crippen molar-refractivity contribution < 1.29 is 0 Å². The molecule has 0 amide bonds. The molecular weight excluding hydrogens is 364 g/mol. The van der Waals surface area contributed by atoms with Gasteiger partial charge in [0.1, 0.15) is 6.07 Å². The van der Waals surface area contributed by atoms with Crippen LogP contribution in [-0.4, -0.2) is 31.1 Å². The van der Waals surface area contributed by atoms with Crippen molar-refractivity contribution in [1.29, 1.82) is 10.5 Å². The molecule has 0 atom stereocenters. The molecule has 0 radical (unpaired) electrons. The summed E-state index contributed by atoms with van der Waals surface area (Å²) in [5.74, 6) is 0. The van der Waals surface area contributed by atoms with Crippen LogP contribution >= 0.6 is 15.9 Å². The van der Waals surface area contributed by atoms with Gasteiger partial charge < -0.3 is 4.90 Å². The fourth-order valence-electron chi connectivity index (χ4n) is 2.96. The number of piperazine rings is 1. The molecule has 5 heteroatoms. The van der Waals surface area contributed by atoms with Gasteiger partial charge in [-0.3, -0.25) is 4.90 Å². The Kier molecular flexibility index (Phi) is 5.15. The number of halogens is 1. The summed E-state index contributed by atoms with van der Waals surface area (Å²) in [7, 11) is 0. The standard InChI is InChI=1S/C19H17BrN4/c20-18-5-6-19(17(11-18)13-22)24-9-7-23(8-10-24)14-16-3-1-15(12-21)2-4-16/h1-6,11H,7-10,14H2. The first-order valence-electron chi connectivity index (χ1n) is 7.85. The third-order valence-electron chi connectivity index (χ3n) is 4.28. The molecule has 0 aromatic heterocycles. The highest BCUT2D eigenvalue weighted by molar-refractivity contribution is 9.10. The van der Waals surface area contributed by atoms with E-state index in [1.165, 1.54) is 5.56 Å². The summed E-state index contributed by atoms with van der Waals surface area (Å²) < 4.78 is 0.933. The van der Waals surface area contributed by atoms with Gasteiger partial charge in [0.2, 0.25) is 0 Å². The molecule has 24 heavy (non-hydrogen) atoms. The molecule has 1 heterocycles. The molecule has 120 valence electrons. The van der Waals surface area contributed by atoms with E-state index in [0.717, 1.165) is 42.9 Å². The predicted molar refractivity (Wildman–Crippen MR) is 97.5 cm³/mol. The molecule has 3 rings (SSSR count). The van der Waals surface area contributed by atoms with Gasteiger partial charge in [0.05, 0.1) is 22.9 Å². The summed E-state index contributed by atoms with van der Waals surface area (Å²) in [5, 5.41) is 18.2. The minimum Gasteiger partial charge on any atom is -0.368 e. The SMILES string of the molecule is N#Cc1ccc(CN2CCN(c3ccc(Br)cc3C#N)CC2)cc1. The van der Waals surface area contributed by atoms with Crippen molar-refractivity contribution in [3.63, 3.8) is 0 Å². The molecule has 0 saturated carbocycles. The quantitative estimate of drug-likeness (QED) is 0.817. The number of rotatable bonds is 3. The number of nitrogens with zero attached hydrogens (tertiary/aromatic N) is 4. The minimum atomic E-state index is 0.697. The van der Waals surface area contributed by atoms with Crippen molar-refractivity contribution in [3.8, 4) is 12.1 Å². The van der Waals surface area contributed by atoms with Crippen LogP contribution in [0, 0.1) is 22.7 Å². The smallest absolute Gasteiger partial charge is 0.101 e. The van der Waals surface area contributed by atoms with E-state index in [2.05, 4.69) is 37.9 Å². The third kappa shape index (κ3) is 3.76. The van der Waals surface area contributed by atoms with Crippen LogP contribution in [0.15, 0.2) is 46.9 Å². The highest BCUT2D eigenvalue weighted by Crippen LogP contribution is 2.25. The summed E-state index contributed by atoms with van der Waals surface area (Å²) in [6.45, 7) is 4.63. The lowest BCUT2D eigenvalue weighted by Crippen LogP contribution is -2.46. The molecule has 1 aliphatic rings. The maximum absolute atomic E-state index is 9.33. The first-order chi connectivity index (χ1) is 11.7. The highest BCUT2D eigenvalue weighted by Gasteiger charge is 2.19. The van der Waals surface area contributed by atoms with E-state index in [-0.39, 0.29) is 0 Å². The van der Waals surface area contributed by atoms with Gasteiger partial charge in [0.15, 0.2) is 0 Å². The van der Waals surface area contributed by atoms with Crippen LogP contribution in [0.25, 0.3) is 0 Å². The number of nitriles is 2. The molecule has 0 bridgehead atoms. The Morgan fingerprint density at radius 2 is 1.62 bits per heavy atom. The lowest BCUT2D eigenvalue weighted by Gasteiger charge is -2.36. The van der Waals surface area contributed by atoms with Gasteiger partial charge in [-0.1, -0.05) is 28.1 Å². The zero-order chi connectivity index (χ0) is 16.9. The van der Waals surface area contributed by atoms with Crippen LogP contribution in [0.1, 0.15) is 16.7 Å². The van der Waals surface area contributed by atoms with E-state index >= 15 is 0 Å². The van der Waals surface area contributed by atoms with E-state index in [1.54, 1.807) is 0 Å². The number of anilines is 1. The van der Waals surface area contributed by atoms with Crippen LogP contribution in [0.5, 0.6) is 0 Å². The Hall–Kier alpha value is -2.34. The number of hydrogen-bond acceptors (Lipinski definition) is 4. The Labute approximate surface area is 150 Å². The van der Waals surface area contributed by atoms with Gasteiger partial charge >= 0.3 is 0 Å². The summed E-state index contributed by atoms with van der Waals surface area (Å²) in [6.07, 6.45) is 0. The normalized spacial score (nSPS) is 14.9. The van der Waals surface area contributed by atoms with Crippen molar-refractivity contribution in [2.45, 2.75) is 6.54 Å². The van der Waals surface area contributed by atoms with E-state index < -0.39 is 0 Å². The molecule has 0 aliphatic carbocycles. The Balaban J connectivity index is 1.61. The third-order valence-corrected chi connectivity index (χ3v) is 4.77. The second kappa shape index (κ2) is 7.49. The van der Waals surface area contributed by atoms with Gasteiger partial charge in [-0.15, -0.1) is 0 Å². The van der Waals surface area contributed by atoms with Gasteiger partial charge in [-0.2, -0.15) is 10.5 Å². The molecule has 4 nitrogen and oxygen atoms in total. The van der Waals surface area contributed by atoms with Crippen molar-refractivity contribution in [2.75, 3.05) is 31.1 Å². The largest absolute Gasteiger partial charge is 0.368 e. The van der Waals surface area contributed by atoms with Crippen molar-refractivity contribution in [3.05, 3.63) is 63.6 Å². The first kappa shape index (κ1) is 16.5. The summed E-state index contributed by atoms with van der Waals surface area (Å²) in [6, 6.07) is 18.1. The summed E-state index contributed by atoms with van der Waals surface area (Å²) in [4.78, 5) is 4.68. The highest BCUT2D eigenvalue weighted by atomic mass is 79.9. The van der Waals surface area contributed by atoms with Gasteiger partial charge in [0, 0.05) is 37.2 Å². The van der Waals surface area contributed by atoms with E-state index in [9.17, 15) is 5.26 Å². The first-order valence-corrected chi connectivity index (χ1v) is 8.65. The maximum atomic E-state index is 9.33. The van der Waals surface area contributed by atoms with Crippen LogP contribution in [0.2, 0.25) is 0 Å². The zero-order valence-electron chi connectivity index (χ0n) is 13.2. The minimum absolute atomic E-state index is 0.697. The summed E-state index contributed by atoms with van der Waals surface area (Å²) in [5.41, 5.74) is 3.65. The molecule has 0 N–H and O–H groups in total. The van der Waals surface area contributed by atoms with E-state index in [1.807, 2.05) is 42.5 Å². The molecule has 1 aliphatic heterocycles. The molecule has 2 aromatic carbocycles. The lowest BCUT2D eigenvalue weighted by atomic mass is 10.1. The van der Waals surface area contributed by atoms with Crippen LogP contribution in [0.3, 0.4) is 0 Å². The lowest BCUT2D eigenvalue weighted by molar-refractivity contribution is 0.250. The maximum Gasteiger partial charge on any atom is 0.101 e. The van der Waals surface area contributed by atoms with Gasteiger partial charge in [-0.05, 0) is 35.9 Å². The van der Waals surface area contributed by atoms with E-state index in [4.69, 9.17) is 5.26 Å². The second-order valence-corrected chi connectivity index (χ2v) is 6.76. The monoisotopic (exact) mass is 380 g/mol. The zero-order valence-corrected chi connectivity index (χ0v) is 14.8. The molecule has 1 saturated heterocycles. The average molecular weight is 381 g/mol. The number of hydrogen-bond donors (Lipinski definition) is 0. The van der Waals surface area contributed by atoms with Crippen molar-refractivity contribution in [2.24, 2.45) is 0 Å². The van der Waals surface area contributed by atoms with Gasteiger partial charge in [0.25, 0.3) is 0 Å². The van der Waals surface area contributed by atoms with Crippen molar-refractivity contribution >= 4 is 21.6 Å². The molecule has 0 spiro atoms. The van der Waals surface area contributed by atoms with Crippen molar-refractivity contribution in [1.82, 2.24) is 4.90 Å². The molecule has 0 unspecified atom stereocenters. The second-order valence-electron chi connectivity index (χ2n) is 5.85. The molecule has 2 aromatic rings. The topological polar surface area (TPSA) is 54.1 Å². The molecule has 1 fully saturated rings. The fraction of sp³-hybridized carbons (Fsp3) is 0.263. The Morgan fingerprint density at radius 3 is 2.25 bits per heavy atom. The number of benzene rings is 2. The van der Waals surface area contributed by atoms with Crippen LogP contribution in [0.4, 0.5) is 5.69 Å². The van der Waals surface area contributed by atoms with Crippen LogP contribution < -0.4 is 4.90 Å². The summed E-state index contributed by atoms with van der Waals surface area (Å²) >= 11 is 3.42. The Bertz CT molecular complexity index is 794. The Morgan fingerprint density at radius 1 is 0.917 bits per heavy atom. The predicted octanol–water partition coefficient (Wildman–Crippen LogP) is 3.51. The van der Waals surface area contributed by atoms with Gasteiger partial charge in [-0.25, -0.2) is 0 Å².